The maximum atomic E-state index is 12.5. The van der Waals surface area contributed by atoms with E-state index in [4.69, 9.17) is 14.2 Å². The molecular weight excluding hydrogens is 346 g/mol. The Labute approximate surface area is 148 Å². The summed E-state index contributed by atoms with van der Waals surface area (Å²) in [6.07, 6.45) is 4.46. The maximum Gasteiger partial charge on any atom is 0.203 e. The topological polar surface area (TPSA) is 66.7 Å². The van der Waals surface area contributed by atoms with Gasteiger partial charge in [-0.2, -0.15) is 21.0 Å². The molecule has 1 N–H and O–H groups in total. The van der Waals surface area contributed by atoms with Gasteiger partial charge >= 0.3 is 0 Å². The van der Waals surface area contributed by atoms with Crippen LogP contribution in [0.15, 0.2) is 12.1 Å². The van der Waals surface area contributed by atoms with Crippen molar-refractivity contribution in [3.63, 3.8) is 0 Å². The third-order valence-corrected chi connectivity index (χ3v) is 4.34. The van der Waals surface area contributed by atoms with E-state index in [0.717, 1.165) is 6.54 Å². The van der Waals surface area contributed by atoms with Crippen LogP contribution < -0.4 is 19.5 Å². The number of nitrogens with one attached hydrogen (secondary N) is 1. The number of carbonyl (C=O) groups excluding carboxylic acids is 1. The van der Waals surface area contributed by atoms with E-state index in [9.17, 15) is 4.79 Å². The van der Waals surface area contributed by atoms with Gasteiger partial charge < -0.3 is 19.5 Å². The van der Waals surface area contributed by atoms with Crippen LogP contribution in [0.1, 0.15) is 16.8 Å². The van der Waals surface area contributed by atoms with Crippen LogP contribution in [0.5, 0.6) is 17.2 Å². The number of methoxy groups -OCH3 is 1. The van der Waals surface area contributed by atoms with Gasteiger partial charge in [0.2, 0.25) is 5.75 Å². The number of ketones is 1. The summed E-state index contributed by atoms with van der Waals surface area (Å²) in [7, 11) is 1.30. The number of hydrogen-bond donors (Lipinski definition) is 1. The van der Waals surface area contributed by atoms with Crippen molar-refractivity contribution in [3.8, 4) is 17.2 Å². The highest BCUT2D eigenvalue weighted by Crippen LogP contribution is 2.40. The summed E-state index contributed by atoms with van der Waals surface area (Å²) in [5, 5.41) is 3.14. The van der Waals surface area contributed by atoms with Crippen molar-refractivity contribution in [1.29, 1.82) is 0 Å². The highest BCUT2D eigenvalue weighted by molar-refractivity contribution is 8.13. The number of Topliss-reactive ketones (excluding diaryl/α,β-unsaturated/α-hetero) is 1. The lowest BCUT2D eigenvalue weighted by Crippen LogP contribution is -2.08. The van der Waals surface area contributed by atoms with Gasteiger partial charge in [0.1, 0.15) is 11.9 Å². The molecule has 1 aromatic rings. The molecule has 0 aliphatic carbocycles. The summed E-state index contributed by atoms with van der Waals surface area (Å²) in [6, 6.07) is 3.76. The van der Waals surface area contributed by atoms with Gasteiger partial charge in [0.05, 0.1) is 7.11 Å². The minimum atomic E-state index is -0.133. The summed E-state index contributed by atoms with van der Waals surface area (Å²) in [4.78, 5) is 12.5. The maximum absolute atomic E-state index is 12.5. The van der Waals surface area contributed by atoms with E-state index in [0.29, 0.717) is 41.1 Å². The molecule has 0 radical (unpaired) electrons. The van der Waals surface area contributed by atoms with Gasteiger partial charge in [-0.25, -0.2) is 0 Å². The van der Waals surface area contributed by atoms with Crippen molar-refractivity contribution in [1.82, 2.24) is 5.32 Å². The van der Waals surface area contributed by atoms with Crippen molar-refractivity contribution < 1.29 is 19.0 Å². The van der Waals surface area contributed by atoms with Crippen molar-refractivity contribution in [2.75, 3.05) is 38.0 Å². The summed E-state index contributed by atoms with van der Waals surface area (Å²) in [5.74, 6) is 10.4. The highest BCUT2D eigenvalue weighted by Gasteiger charge is 2.25. The Morgan fingerprint density at radius 3 is 2.08 bits per heavy atom. The first-order valence-electron chi connectivity index (χ1n) is 7.49. The number of hydrogen-bond acceptors (Lipinski definition) is 5. The molecule has 2 rings (SSSR count). The Kier molecular flexibility index (Phi) is 6.89. The number of benzene rings is 1. The van der Waals surface area contributed by atoms with Gasteiger partial charge in [-0.3, -0.25) is 4.79 Å². The molecule has 1 aliphatic heterocycles. The molecular formula is C17H25NO4S2. The zero-order valence-corrected chi connectivity index (χ0v) is 16.1. The first-order chi connectivity index (χ1) is 11.4. The quantitative estimate of drug-likeness (QED) is 0.389. The Morgan fingerprint density at radius 2 is 1.71 bits per heavy atom. The molecule has 1 saturated heterocycles. The molecule has 1 fully saturated rings. The molecule has 1 heterocycles. The molecule has 7 heteroatoms. The molecule has 0 aromatic heterocycles. The fourth-order valence-corrected chi connectivity index (χ4v) is 2.71. The summed E-state index contributed by atoms with van der Waals surface area (Å²) in [5.41, 5.74) is 0.578. The van der Waals surface area contributed by atoms with Crippen LogP contribution in [0.25, 0.3) is 0 Å². The van der Waals surface area contributed by atoms with Gasteiger partial charge in [0.25, 0.3) is 0 Å². The lowest BCUT2D eigenvalue weighted by atomic mass is 10.1. The van der Waals surface area contributed by atoms with Gasteiger partial charge in [0, 0.05) is 24.6 Å². The molecule has 3 unspecified atom stereocenters. The third-order valence-electron chi connectivity index (χ3n) is 3.30. The lowest BCUT2D eigenvalue weighted by Gasteiger charge is -2.17. The monoisotopic (exact) mass is 371 g/mol. The standard InChI is InChI=1S/C17H25NO4S2/c1-20-17-15(21-10-23(2)3)6-12(14(19)8-13-9-18-13)7-16(17)22-11-24(4)5/h6-7,13,18H,2,4,8-11H2,1,3,5H3. The van der Waals surface area contributed by atoms with Gasteiger partial charge in [-0.15, -0.1) is 0 Å². The fraction of sp³-hybridized carbons (Fsp3) is 0.471. The molecule has 0 saturated carbocycles. The van der Waals surface area contributed by atoms with Crippen molar-refractivity contribution in [2.24, 2.45) is 0 Å². The lowest BCUT2D eigenvalue weighted by molar-refractivity contribution is 0.0982. The largest absolute Gasteiger partial charge is 0.490 e. The third kappa shape index (κ3) is 5.65. The first kappa shape index (κ1) is 19.0. The summed E-state index contributed by atoms with van der Waals surface area (Å²) < 4.78 is 17.1. The molecule has 1 aromatic carbocycles. The zero-order valence-electron chi connectivity index (χ0n) is 14.4. The highest BCUT2D eigenvalue weighted by atomic mass is 32.2. The van der Waals surface area contributed by atoms with Crippen molar-refractivity contribution >= 4 is 38.5 Å². The Bertz CT molecular complexity index is 617. The van der Waals surface area contributed by atoms with Crippen LogP contribution in [-0.4, -0.2) is 61.6 Å². The smallest absolute Gasteiger partial charge is 0.203 e. The summed E-state index contributed by atoms with van der Waals surface area (Å²) >= 11 is 0. The van der Waals surface area contributed by atoms with E-state index >= 15 is 0 Å². The average Bonchev–Trinajstić information content (AvgIpc) is 3.33. The van der Waals surface area contributed by atoms with Crippen LogP contribution in [0, 0.1) is 0 Å². The Hall–Kier alpha value is -1.31. The zero-order chi connectivity index (χ0) is 17.7. The van der Waals surface area contributed by atoms with Crippen LogP contribution in [0.3, 0.4) is 0 Å². The van der Waals surface area contributed by atoms with Crippen LogP contribution in [-0.2, 0) is 0 Å². The van der Waals surface area contributed by atoms with Crippen LogP contribution >= 0.6 is 21.0 Å². The predicted molar refractivity (Wildman–Crippen MR) is 106 cm³/mol. The predicted octanol–water partition coefficient (Wildman–Crippen LogP) is 2.57. The molecule has 0 amide bonds. The van der Waals surface area contributed by atoms with E-state index in [1.807, 2.05) is 12.5 Å². The SMILES string of the molecule is C=S(C)COc1cc(C(=O)CC2CN2)cc(OCS(=C)C)c1OC. The van der Waals surface area contributed by atoms with E-state index in [1.165, 1.54) is 0 Å². The van der Waals surface area contributed by atoms with E-state index in [-0.39, 0.29) is 32.8 Å². The fourth-order valence-electron chi connectivity index (χ4n) is 2.05. The molecule has 24 heavy (non-hydrogen) atoms. The van der Waals surface area contributed by atoms with Gasteiger partial charge in [-0.05, 0) is 24.6 Å². The molecule has 0 bridgehead atoms. The molecule has 1 aliphatic rings. The second kappa shape index (κ2) is 8.69. The van der Waals surface area contributed by atoms with E-state index in [2.05, 4.69) is 17.1 Å². The molecule has 5 nitrogen and oxygen atoms in total. The first-order valence-corrected chi connectivity index (χ1v) is 11.4. The number of rotatable bonds is 10. The normalized spacial score (nSPS) is 18.5. The minimum Gasteiger partial charge on any atom is -0.490 e. The Morgan fingerprint density at radius 1 is 1.21 bits per heavy atom. The van der Waals surface area contributed by atoms with Crippen molar-refractivity contribution in [3.05, 3.63) is 17.7 Å². The second-order valence-electron chi connectivity index (χ2n) is 5.83. The van der Waals surface area contributed by atoms with Crippen molar-refractivity contribution in [2.45, 2.75) is 12.5 Å². The van der Waals surface area contributed by atoms with Crippen LogP contribution in [0.2, 0.25) is 0 Å². The van der Waals surface area contributed by atoms with Gasteiger partial charge in [0.15, 0.2) is 17.3 Å². The van der Waals surface area contributed by atoms with Crippen LogP contribution in [0.4, 0.5) is 0 Å². The molecule has 134 valence electrons. The second-order valence-corrected chi connectivity index (χ2v) is 9.42. The van der Waals surface area contributed by atoms with Gasteiger partial charge in [-0.1, -0.05) is 11.7 Å². The Balaban J connectivity index is 2.32. The minimum absolute atomic E-state index is 0.0672. The van der Waals surface area contributed by atoms with E-state index in [1.54, 1.807) is 19.2 Å². The number of ether oxygens (including phenoxy) is 3. The van der Waals surface area contributed by atoms with E-state index < -0.39 is 0 Å². The molecule has 3 atom stereocenters. The average molecular weight is 372 g/mol. The number of carbonyl (C=O) groups is 1. The molecule has 0 spiro atoms. The summed E-state index contributed by atoms with van der Waals surface area (Å²) in [6.45, 7) is 0.898.